The third kappa shape index (κ3) is 0.789. The highest BCUT2D eigenvalue weighted by Gasteiger charge is 2.43. The minimum Gasteiger partial charge on any atom is -0.390 e. The van der Waals surface area contributed by atoms with Crippen LogP contribution in [0.5, 0.6) is 0 Å². The molecule has 1 aliphatic heterocycles. The maximum Gasteiger partial charge on any atom is 0.0865 e. The first-order valence-corrected chi connectivity index (χ1v) is 4.08. The minimum atomic E-state index is -0.171. The first-order chi connectivity index (χ1) is 4.79. The molecule has 1 saturated carbocycles. The van der Waals surface area contributed by atoms with Crippen LogP contribution in [-0.2, 0) is 4.74 Å². The van der Waals surface area contributed by atoms with E-state index < -0.39 is 0 Å². The maximum absolute atomic E-state index is 9.39. The molecule has 1 saturated heterocycles. The molecule has 0 aromatic rings. The smallest absolute Gasteiger partial charge is 0.0865 e. The minimum absolute atomic E-state index is 0.171. The maximum atomic E-state index is 9.39. The Labute approximate surface area is 61.2 Å². The van der Waals surface area contributed by atoms with E-state index in [1.54, 1.807) is 0 Å². The molecular formula is C8H14O2. The fourth-order valence-electron chi connectivity index (χ4n) is 2.21. The third-order valence-corrected chi connectivity index (χ3v) is 2.88. The summed E-state index contributed by atoms with van der Waals surface area (Å²) in [6, 6.07) is 0. The standard InChI is InChI=1S/C8H14O2/c1-5-4-10-8-6(5)2-3-7(8)9/h5-9H,2-4H2,1H3/t5?,6-,7-,8+/m1/s1. The van der Waals surface area contributed by atoms with Crippen LogP contribution in [-0.4, -0.2) is 23.9 Å². The van der Waals surface area contributed by atoms with Crippen molar-refractivity contribution >= 4 is 0 Å². The van der Waals surface area contributed by atoms with E-state index in [2.05, 4.69) is 6.92 Å². The van der Waals surface area contributed by atoms with Crippen LogP contribution in [0.4, 0.5) is 0 Å². The molecule has 2 rings (SSSR count). The Hall–Kier alpha value is -0.0800. The molecule has 1 heterocycles. The van der Waals surface area contributed by atoms with Crippen molar-refractivity contribution in [2.24, 2.45) is 11.8 Å². The summed E-state index contributed by atoms with van der Waals surface area (Å²) in [5.41, 5.74) is 0. The highest BCUT2D eigenvalue weighted by atomic mass is 16.5. The van der Waals surface area contributed by atoms with Gasteiger partial charge in [0.2, 0.25) is 0 Å². The molecule has 0 radical (unpaired) electrons. The summed E-state index contributed by atoms with van der Waals surface area (Å²) >= 11 is 0. The predicted octanol–water partition coefficient (Wildman–Crippen LogP) is 0.792. The lowest BCUT2D eigenvalue weighted by molar-refractivity contribution is 0.00631. The zero-order valence-electron chi connectivity index (χ0n) is 6.29. The first kappa shape index (κ1) is 6.62. The van der Waals surface area contributed by atoms with E-state index in [9.17, 15) is 5.11 Å². The number of ether oxygens (including phenoxy) is 1. The average Bonchev–Trinajstić information content (AvgIpc) is 2.41. The normalized spacial score (nSPS) is 53.4. The molecule has 2 heteroatoms. The molecular weight excluding hydrogens is 128 g/mol. The van der Waals surface area contributed by atoms with E-state index in [1.807, 2.05) is 0 Å². The van der Waals surface area contributed by atoms with Crippen LogP contribution in [0.2, 0.25) is 0 Å². The second kappa shape index (κ2) is 2.21. The van der Waals surface area contributed by atoms with Crippen molar-refractivity contribution in [3.63, 3.8) is 0 Å². The number of hydrogen-bond acceptors (Lipinski definition) is 2. The van der Waals surface area contributed by atoms with Crippen LogP contribution < -0.4 is 0 Å². The largest absolute Gasteiger partial charge is 0.390 e. The van der Waals surface area contributed by atoms with Crippen molar-refractivity contribution in [2.45, 2.75) is 32.0 Å². The summed E-state index contributed by atoms with van der Waals surface area (Å²) in [4.78, 5) is 0. The van der Waals surface area contributed by atoms with Crippen LogP contribution in [0.3, 0.4) is 0 Å². The lowest BCUT2D eigenvalue weighted by Crippen LogP contribution is -2.23. The highest BCUT2D eigenvalue weighted by molar-refractivity contribution is 4.92. The number of hydrogen-bond donors (Lipinski definition) is 1. The van der Waals surface area contributed by atoms with E-state index in [4.69, 9.17) is 4.74 Å². The van der Waals surface area contributed by atoms with Crippen LogP contribution in [0.25, 0.3) is 0 Å². The summed E-state index contributed by atoms with van der Waals surface area (Å²) in [5.74, 6) is 1.32. The van der Waals surface area contributed by atoms with Gasteiger partial charge in [-0.1, -0.05) is 6.92 Å². The number of aliphatic hydroxyl groups excluding tert-OH is 1. The molecule has 0 spiro atoms. The molecule has 0 amide bonds. The topological polar surface area (TPSA) is 29.5 Å². The monoisotopic (exact) mass is 142 g/mol. The van der Waals surface area contributed by atoms with E-state index in [-0.39, 0.29) is 12.2 Å². The van der Waals surface area contributed by atoms with Crippen molar-refractivity contribution in [3.05, 3.63) is 0 Å². The van der Waals surface area contributed by atoms with Gasteiger partial charge >= 0.3 is 0 Å². The van der Waals surface area contributed by atoms with Gasteiger partial charge < -0.3 is 9.84 Å². The van der Waals surface area contributed by atoms with Gasteiger partial charge in [0.15, 0.2) is 0 Å². The molecule has 0 aromatic carbocycles. The van der Waals surface area contributed by atoms with Gasteiger partial charge in [-0.3, -0.25) is 0 Å². The van der Waals surface area contributed by atoms with Crippen molar-refractivity contribution < 1.29 is 9.84 Å². The van der Waals surface area contributed by atoms with Crippen molar-refractivity contribution in [1.82, 2.24) is 0 Å². The fourth-order valence-corrected chi connectivity index (χ4v) is 2.21. The third-order valence-electron chi connectivity index (χ3n) is 2.88. The summed E-state index contributed by atoms with van der Waals surface area (Å²) in [7, 11) is 0. The molecule has 0 aromatic heterocycles. The molecule has 0 bridgehead atoms. The second-order valence-corrected chi connectivity index (χ2v) is 3.58. The molecule has 2 nitrogen and oxygen atoms in total. The van der Waals surface area contributed by atoms with Gasteiger partial charge in [-0.05, 0) is 24.7 Å². The van der Waals surface area contributed by atoms with Crippen molar-refractivity contribution in [1.29, 1.82) is 0 Å². The van der Waals surface area contributed by atoms with Gasteiger partial charge in [-0.2, -0.15) is 0 Å². The lowest BCUT2D eigenvalue weighted by atomic mass is 9.94. The van der Waals surface area contributed by atoms with Gasteiger partial charge in [-0.25, -0.2) is 0 Å². The molecule has 2 aliphatic rings. The Morgan fingerprint density at radius 3 is 2.90 bits per heavy atom. The molecule has 1 aliphatic carbocycles. The van der Waals surface area contributed by atoms with Crippen molar-refractivity contribution in [3.8, 4) is 0 Å². The van der Waals surface area contributed by atoms with Crippen LogP contribution in [0, 0.1) is 11.8 Å². The fraction of sp³-hybridized carbons (Fsp3) is 1.00. The number of rotatable bonds is 0. The molecule has 4 atom stereocenters. The highest BCUT2D eigenvalue weighted by Crippen LogP contribution is 2.39. The predicted molar refractivity (Wildman–Crippen MR) is 37.6 cm³/mol. The average molecular weight is 142 g/mol. The van der Waals surface area contributed by atoms with Crippen LogP contribution >= 0.6 is 0 Å². The summed E-state index contributed by atoms with van der Waals surface area (Å²) < 4.78 is 5.45. The van der Waals surface area contributed by atoms with E-state index in [0.29, 0.717) is 11.8 Å². The van der Waals surface area contributed by atoms with E-state index in [0.717, 1.165) is 19.4 Å². The molecule has 1 unspecified atom stereocenters. The number of fused-ring (bicyclic) bond motifs is 1. The zero-order chi connectivity index (χ0) is 7.14. The van der Waals surface area contributed by atoms with Crippen molar-refractivity contribution in [2.75, 3.05) is 6.61 Å². The van der Waals surface area contributed by atoms with Gasteiger partial charge in [0.1, 0.15) is 0 Å². The first-order valence-electron chi connectivity index (χ1n) is 4.08. The summed E-state index contributed by atoms with van der Waals surface area (Å²) in [5, 5.41) is 9.39. The Bertz CT molecular complexity index is 119. The van der Waals surface area contributed by atoms with E-state index in [1.165, 1.54) is 0 Å². The Morgan fingerprint density at radius 1 is 1.40 bits per heavy atom. The van der Waals surface area contributed by atoms with Gasteiger partial charge in [-0.15, -0.1) is 0 Å². The lowest BCUT2D eigenvalue weighted by Gasteiger charge is -2.12. The van der Waals surface area contributed by atoms with Crippen LogP contribution in [0.1, 0.15) is 19.8 Å². The van der Waals surface area contributed by atoms with Gasteiger partial charge in [0, 0.05) is 0 Å². The zero-order valence-corrected chi connectivity index (χ0v) is 6.29. The Kier molecular flexibility index (Phi) is 1.46. The SMILES string of the molecule is CC1CO[C@@H]2[C@H](O)CC[C@H]12. The molecule has 58 valence electrons. The van der Waals surface area contributed by atoms with E-state index >= 15 is 0 Å². The molecule has 2 fully saturated rings. The quantitative estimate of drug-likeness (QED) is 0.542. The Balaban J connectivity index is 2.09. The molecule has 1 N–H and O–H groups in total. The van der Waals surface area contributed by atoms with Crippen LogP contribution in [0.15, 0.2) is 0 Å². The molecule has 10 heavy (non-hydrogen) atoms. The summed E-state index contributed by atoms with van der Waals surface area (Å²) in [6.45, 7) is 3.06. The van der Waals surface area contributed by atoms with Gasteiger partial charge in [0.05, 0.1) is 18.8 Å². The number of aliphatic hydroxyl groups is 1. The second-order valence-electron chi connectivity index (χ2n) is 3.58. The summed E-state index contributed by atoms with van der Waals surface area (Å²) in [6.07, 6.45) is 2.11. The Morgan fingerprint density at radius 2 is 2.20 bits per heavy atom. The van der Waals surface area contributed by atoms with Gasteiger partial charge in [0.25, 0.3) is 0 Å².